The molecule has 1 fully saturated rings. The third-order valence-electron chi connectivity index (χ3n) is 8.50. The average Bonchev–Trinajstić information content (AvgIpc) is 3.04. The van der Waals surface area contributed by atoms with E-state index in [4.69, 9.17) is 10.3 Å². The molecular formula is C35H45FN2O7. The predicted molar refractivity (Wildman–Crippen MR) is 167 cm³/mol. The van der Waals surface area contributed by atoms with Crippen LogP contribution in [-0.4, -0.2) is 62.3 Å². The van der Waals surface area contributed by atoms with Gasteiger partial charge in [-0.05, 0) is 87.6 Å². The Labute approximate surface area is 264 Å². The maximum absolute atomic E-state index is 13.4. The van der Waals surface area contributed by atoms with E-state index in [1.165, 1.54) is 19.1 Å². The first-order valence-corrected chi connectivity index (χ1v) is 15.5. The number of Topliss-reactive ketones (excluding diaryl/α,β-unsaturated/α-hetero) is 1. The van der Waals surface area contributed by atoms with Crippen LogP contribution in [0.3, 0.4) is 0 Å². The van der Waals surface area contributed by atoms with Crippen molar-refractivity contribution in [3.63, 3.8) is 0 Å². The number of halogens is 1. The number of hydroxylamine groups is 1. The predicted octanol–water partition coefficient (Wildman–Crippen LogP) is 4.51. The van der Waals surface area contributed by atoms with Crippen LogP contribution in [0.2, 0.25) is 0 Å². The van der Waals surface area contributed by atoms with E-state index in [1.54, 1.807) is 22.5 Å². The molecule has 0 saturated carbocycles. The highest BCUT2D eigenvalue weighted by molar-refractivity contribution is 5.99. The standard InChI is InChI=1S/C35H45FN2O7/c1-3-24(11-18-29(41)22-39)7-5-21-38-33(31(35(38)44)19-20-32(42)26-14-16-28(36)17-15-26)27-12-9-25(10-13-27)6-4-8-30(23(2)40)34(43)37-45/h3,5,7,9-10,12-17,29-33,39,41-42,45H,4,6,8,11,18-22H2,1-2H3,(H,37,43). The van der Waals surface area contributed by atoms with E-state index in [0.29, 0.717) is 57.1 Å². The second-order valence-corrected chi connectivity index (χ2v) is 11.6. The Morgan fingerprint density at radius 1 is 1.04 bits per heavy atom. The van der Waals surface area contributed by atoms with Crippen LogP contribution in [0.1, 0.15) is 81.2 Å². The number of allylic oxidation sites excluding steroid dienone is 3. The molecule has 0 spiro atoms. The highest BCUT2D eigenvalue weighted by atomic mass is 19.1. The maximum atomic E-state index is 13.4. The Morgan fingerprint density at radius 3 is 2.33 bits per heavy atom. The number of nitrogens with zero attached hydrogens (tertiary/aromatic N) is 1. The summed E-state index contributed by atoms with van der Waals surface area (Å²) in [5.74, 6) is -2.65. The van der Waals surface area contributed by atoms with E-state index in [2.05, 4.69) is 0 Å². The van der Waals surface area contributed by atoms with Gasteiger partial charge >= 0.3 is 0 Å². The second kappa shape index (κ2) is 17.7. The van der Waals surface area contributed by atoms with Gasteiger partial charge in [-0.3, -0.25) is 19.6 Å². The lowest BCUT2D eigenvalue weighted by molar-refractivity contribution is -0.156. The van der Waals surface area contributed by atoms with Gasteiger partial charge in [0.2, 0.25) is 5.91 Å². The molecule has 2 aromatic carbocycles. The summed E-state index contributed by atoms with van der Waals surface area (Å²) < 4.78 is 13.3. The number of amides is 2. The number of ketones is 1. The van der Waals surface area contributed by atoms with Crippen molar-refractivity contribution >= 4 is 17.6 Å². The number of aryl methyl sites for hydroxylation is 1. The smallest absolute Gasteiger partial charge is 0.253 e. The molecule has 5 N–H and O–H groups in total. The number of hydrogen-bond acceptors (Lipinski definition) is 7. The number of rotatable bonds is 18. The lowest BCUT2D eigenvalue weighted by Gasteiger charge is -2.47. The lowest BCUT2D eigenvalue weighted by atomic mass is 9.78. The monoisotopic (exact) mass is 624 g/mol. The van der Waals surface area contributed by atoms with E-state index in [9.17, 15) is 29.0 Å². The Kier molecular flexibility index (Phi) is 14.1. The fraction of sp³-hybridized carbons (Fsp3) is 0.457. The molecule has 1 aliphatic heterocycles. The van der Waals surface area contributed by atoms with E-state index in [0.717, 1.165) is 16.7 Å². The van der Waals surface area contributed by atoms with Crippen LogP contribution >= 0.6 is 0 Å². The maximum Gasteiger partial charge on any atom is 0.253 e. The molecule has 244 valence electrons. The largest absolute Gasteiger partial charge is 0.394 e. The summed E-state index contributed by atoms with van der Waals surface area (Å²) in [7, 11) is 0. The molecule has 0 aromatic heterocycles. The molecule has 3 rings (SSSR count). The minimum absolute atomic E-state index is 0.0183. The molecule has 1 heterocycles. The molecule has 0 radical (unpaired) electrons. The first kappa shape index (κ1) is 35.8. The van der Waals surface area contributed by atoms with Crippen LogP contribution in [0.4, 0.5) is 4.39 Å². The summed E-state index contributed by atoms with van der Waals surface area (Å²) in [6, 6.07) is 13.4. The highest BCUT2D eigenvalue weighted by Crippen LogP contribution is 2.43. The van der Waals surface area contributed by atoms with Gasteiger partial charge in [-0.2, -0.15) is 0 Å². The molecule has 45 heavy (non-hydrogen) atoms. The summed E-state index contributed by atoms with van der Waals surface area (Å²) >= 11 is 0. The average molecular weight is 625 g/mol. The van der Waals surface area contributed by atoms with E-state index in [-0.39, 0.29) is 36.1 Å². The third-order valence-corrected chi connectivity index (χ3v) is 8.50. The summed E-state index contributed by atoms with van der Waals surface area (Å²) in [6.07, 6.45) is 7.49. The number of aliphatic hydroxyl groups excluding tert-OH is 3. The Balaban J connectivity index is 1.70. The molecule has 1 aliphatic rings. The number of β-lactam (4-membered cyclic amide) rings is 1. The van der Waals surface area contributed by atoms with Crippen molar-refractivity contribution in [2.75, 3.05) is 13.2 Å². The lowest BCUT2D eigenvalue weighted by Crippen LogP contribution is -2.54. The molecule has 5 atom stereocenters. The van der Waals surface area contributed by atoms with Gasteiger partial charge in [-0.25, -0.2) is 9.87 Å². The van der Waals surface area contributed by atoms with Crippen LogP contribution in [-0.2, 0) is 20.8 Å². The number of carbonyl (C=O) groups excluding carboxylic acids is 3. The van der Waals surface area contributed by atoms with Gasteiger partial charge in [0.05, 0.1) is 36.7 Å². The molecule has 0 aliphatic carbocycles. The van der Waals surface area contributed by atoms with E-state index < -0.39 is 24.0 Å². The SMILES string of the molecule is CC=C(C=CCN1C(=O)C(CCC(O)c2ccc(F)cc2)C1c1ccc(CCCC(C(C)=O)C(=O)NO)cc1)CCC(O)CO. The molecule has 2 aromatic rings. The Morgan fingerprint density at radius 2 is 1.73 bits per heavy atom. The zero-order chi connectivity index (χ0) is 32.9. The fourth-order valence-corrected chi connectivity index (χ4v) is 5.76. The molecule has 2 amide bonds. The molecule has 9 nitrogen and oxygen atoms in total. The van der Waals surface area contributed by atoms with Crippen molar-refractivity contribution in [2.45, 2.75) is 77.0 Å². The van der Waals surface area contributed by atoms with Crippen LogP contribution < -0.4 is 5.48 Å². The van der Waals surface area contributed by atoms with Gasteiger partial charge in [0.15, 0.2) is 0 Å². The van der Waals surface area contributed by atoms with Gasteiger partial charge in [0, 0.05) is 6.54 Å². The normalized spacial score (nSPS) is 18.9. The van der Waals surface area contributed by atoms with E-state index in [1.807, 2.05) is 49.4 Å². The summed E-state index contributed by atoms with van der Waals surface area (Å²) in [4.78, 5) is 38.7. The van der Waals surface area contributed by atoms with Gasteiger partial charge in [0.1, 0.15) is 11.6 Å². The number of carbonyl (C=O) groups is 3. The first-order chi connectivity index (χ1) is 21.6. The minimum atomic E-state index is -0.897. The van der Waals surface area contributed by atoms with Crippen LogP contribution in [0, 0.1) is 17.7 Å². The number of benzene rings is 2. The van der Waals surface area contributed by atoms with Gasteiger partial charge < -0.3 is 20.2 Å². The number of aliphatic hydroxyl groups is 3. The number of nitrogens with one attached hydrogen (secondary N) is 1. The number of likely N-dealkylation sites (tertiary alicyclic amines) is 1. The van der Waals surface area contributed by atoms with Gasteiger partial charge in [0.25, 0.3) is 5.91 Å². The van der Waals surface area contributed by atoms with Crippen molar-refractivity contribution in [1.29, 1.82) is 0 Å². The topological polar surface area (TPSA) is 147 Å². The zero-order valence-corrected chi connectivity index (χ0v) is 25.9. The zero-order valence-electron chi connectivity index (χ0n) is 25.9. The molecular weight excluding hydrogens is 579 g/mol. The van der Waals surface area contributed by atoms with E-state index >= 15 is 0 Å². The molecule has 10 heteroatoms. The molecule has 5 unspecified atom stereocenters. The highest BCUT2D eigenvalue weighted by Gasteiger charge is 2.47. The Bertz CT molecular complexity index is 1330. The quantitative estimate of drug-likeness (QED) is 0.0539. The van der Waals surface area contributed by atoms with Crippen molar-refractivity contribution in [3.8, 4) is 0 Å². The molecule has 0 bridgehead atoms. The third kappa shape index (κ3) is 10.2. The second-order valence-electron chi connectivity index (χ2n) is 11.6. The van der Waals surface area contributed by atoms with Crippen molar-refractivity contribution in [1.82, 2.24) is 10.4 Å². The minimum Gasteiger partial charge on any atom is -0.394 e. The van der Waals surface area contributed by atoms with Crippen molar-refractivity contribution in [3.05, 3.63) is 94.8 Å². The Hall–Kier alpha value is -3.70. The van der Waals surface area contributed by atoms with Crippen molar-refractivity contribution < 1.29 is 39.3 Å². The summed E-state index contributed by atoms with van der Waals surface area (Å²) in [6.45, 7) is 3.31. The summed E-state index contributed by atoms with van der Waals surface area (Å²) in [5, 5.41) is 38.4. The van der Waals surface area contributed by atoms with Crippen LogP contribution in [0.15, 0.2) is 72.3 Å². The summed E-state index contributed by atoms with van der Waals surface area (Å²) in [5.41, 5.74) is 5.09. The fourth-order valence-electron chi connectivity index (χ4n) is 5.76. The number of hydrogen-bond donors (Lipinski definition) is 5. The van der Waals surface area contributed by atoms with Gasteiger partial charge in [-0.15, -0.1) is 0 Å². The van der Waals surface area contributed by atoms with Crippen molar-refractivity contribution in [2.24, 2.45) is 11.8 Å². The first-order valence-electron chi connectivity index (χ1n) is 15.5. The van der Waals surface area contributed by atoms with Crippen LogP contribution in [0.5, 0.6) is 0 Å². The van der Waals surface area contributed by atoms with Gasteiger partial charge in [-0.1, -0.05) is 60.2 Å². The van der Waals surface area contributed by atoms with Crippen LogP contribution in [0.25, 0.3) is 0 Å². The molecule has 1 saturated heterocycles.